The number of carbonyl (C=O) groups excluding carboxylic acids is 2. The zero-order chi connectivity index (χ0) is 21.6. The maximum Gasteiger partial charge on any atom is 0.416 e. The second-order valence-corrected chi connectivity index (χ2v) is 7.24. The number of aromatic nitrogens is 2. The number of ether oxygens (including phenoxy) is 2. The molecule has 3 heterocycles. The van der Waals surface area contributed by atoms with Crippen molar-refractivity contribution in [2.45, 2.75) is 32.4 Å². The van der Waals surface area contributed by atoms with Gasteiger partial charge in [0, 0.05) is 5.92 Å². The molecule has 2 amide bonds. The van der Waals surface area contributed by atoms with Crippen molar-refractivity contribution in [2.24, 2.45) is 11.7 Å². The lowest BCUT2D eigenvalue weighted by molar-refractivity contribution is -0.121. The van der Waals surface area contributed by atoms with Crippen LogP contribution in [0.4, 0.5) is 23.8 Å². The Kier molecular flexibility index (Phi) is 5.04. The molecule has 1 saturated heterocycles. The topological polar surface area (TPSA) is 99.7 Å². The molecule has 2 atom stereocenters. The third kappa shape index (κ3) is 3.33. The smallest absolute Gasteiger partial charge is 0.416 e. The van der Waals surface area contributed by atoms with Crippen molar-refractivity contribution < 1.29 is 32.2 Å². The van der Waals surface area contributed by atoms with Gasteiger partial charge < -0.3 is 15.2 Å². The van der Waals surface area contributed by atoms with Crippen molar-refractivity contribution in [2.75, 3.05) is 18.1 Å². The number of rotatable bonds is 5. The van der Waals surface area contributed by atoms with Crippen LogP contribution < -0.4 is 15.4 Å². The number of imidazole rings is 1. The third-order valence-electron chi connectivity index (χ3n) is 5.20. The predicted octanol–water partition coefficient (Wildman–Crippen LogP) is 2.34. The molecule has 2 aliphatic rings. The van der Waals surface area contributed by atoms with Gasteiger partial charge in [-0.2, -0.15) is 4.39 Å². The molecule has 0 radical (unpaired) electrons. The standard InChI is InChI=1S/C19H19F3N4O4/c1-9(16(23)27)6-10-2-3-11-13(7-10)29-5-4-25-15(22)18(24-17(11)25)26-12(14(20)21)8-30-19(26)28/h2-3,7,9,12,14H,4-6,8H2,1H3,(H2,23,27)/t9-,12+/m1/s1. The van der Waals surface area contributed by atoms with E-state index in [4.69, 9.17) is 10.5 Å². The minimum absolute atomic E-state index is 0.0676. The van der Waals surface area contributed by atoms with Crippen molar-refractivity contribution in [3.63, 3.8) is 0 Å². The number of halogens is 3. The van der Waals surface area contributed by atoms with Crippen molar-refractivity contribution in [1.82, 2.24) is 9.55 Å². The van der Waals surface area contributed by atoms with Gasteiger partial charge in [0.05, 0.1) is 12.1 Å². The predicted molar refractivity (Wildman–Crippen MR) is 98.8 cm³/mol. The quantitative estimate of drug-likeness (QED) is 0.794. The number of anilines is 1. The molecule has 160 valence electrons. The van der Waals surface area contributed by atoms with Gasteiger partial charge in [-0.1, -0.05) is 13.0 Å². The van der Waals surface area contributed by atoms with Crippen LogP contribution in [0, 0.1) is 11.9 Å². The van der Waals surface area contributed by atoms with Gasteiger partial charge in [-0.15, -0.1) is 0 Å². The Hall–Kier alpha value is -3.24. The summed E-state index contributed by atoms with van der Waals surface area (Å²) < 4.78 is 53.2. The molecule has 2 aliphatic heterocycles. The number of amides is 2. The number of nitrogens with zero attached hydrogens (tertiary/aromatic N) is 3. The van der Waals surface area contributed by atoms with E-state index in [2.05, 4.69) is 9.72 Å². The van der Waals surface area contributed by atoms with Gasteiger partial charge in [0.25, 0.3) is 6.43 Å². The molecule has 1 aromatic heterocycles. The number of primary amides is 1. The molecule has 0 bridgehead atoms. The second kappa shape index (κ2) is 7.54. The summed E-state index contributed by atoms with van der Waals surface area (Å²) in [6.07, 6.45) is -3.59. The van der Waals surface area contributed by atoms with Crippen LogP contribution in [0.1, 0.15) is 12.5 Å². The molecular formula is C19H19F3N4O4. The van der Waals surface area contributed by atoms with E-state index >= 15 is 4.39 Å². The second-order valence-electron chi connectivity index (χ2n) is 7.24. The van der Waals surface area contributed by atoms with E-state index in [0.29, 0.717) is 22.6 Å². The molecule has 0 saturated carbocycles. The summed E-state index contributed by atoms with van der Waals surface area (Å²) in [5.74, 6) is -1.67. The van der Waals surface area contributed by atoms with E-state index in [1.54, 1.807) is 25.1 Å². The molecule has 0 unspecified atom stereocenters. The van der Waals surface area contributed by atoms with E-state index in [-0.39, 0.29) is 24.9 Å². The SMILES string of the molecule is C[C@H](Cc1ccc2c(c1)OCCn1c-2nc(N2C(=O)OC[C@H]2C(F)F)c1F)C(N)=O. The fraction of sp³-hybridized carbons (Fsp3) is 0.421. The van der Waals surface area contributed by atoms with Crippen LogP contribution in [0.15, 0.2) is 18.2 Å². The molecule has 1 aromatic carbocycles. The molecule has 1 fully saturated rings. The van der Waals surface area contributed by atoms with Gasteiger partial charge in [0.1, 0.15) is 30.8 Å². The Bertz CT molecular complexity index is 1010. The molecule has 4 rings (SSSR count). The summed E-state index contributed by atoms with van der Waals surface area (Å²) in [6.45, 7) is 1.33. The fourth-order valence-corrected chi connectivity index (χ4v) is 3.55. The Morgan fingerprint density at radius 3 is 2.83 bits per heavy atom. The van der Waals surface area contributed by atoms with Crippen molar-refractivity contribution in [3.05, 3.63) is 29.7 Å². The first-order valence-corrected chi connectivity index (χ1v) is 9.33. The van der Waals surface area contributed by atoms with Crippen molar-refractivity contribution in [3.8, 4) is 17.1 Å². The highest BCUT2D eigenvalue weighted by molar-refractivity contribution is 5.90. The molecule has 8 nitrogen and oxygen atoms in total. The Morgan fingerprint density at radius 1 is 1.37 bits per heavy atom. The van der Waals surface area contributed by atoms with Gasteiger partial charge in [0.15, 0.2) is 5.82 Å². The number of hydrogen-bond acceptors (Lipinski definition) is 5. The van der Waals surface area contributed by atoms with Crippen LogP contribution in [-0.2, 0) is 22.5 Å². The zero-order valence-corrected chi connectivity index (χ0v) is 16.0. The lowest BCUT2D eigenvalue weighted by atomic mass is 9.99. The number of alkyl halides is 2. The molecule has 0 aliphatic carbocycles. The Morgan fingerprint density at radius 2 is 2.13 bits per heavy atom. The van der Waals surface area contributed by atoms with E-state index in [1.807, 2.05) is 0 Å². The largest absolute Gasteiger partial charge is 0.491 e. The maximum atomic E-state index is 15.1. The average molecular weight is 424 g/mol. The number of fused-ring (bicyclic) bond motifs is 3. The zero-order valence-electron chi connectivity index (χ0n) is 16.0. The third-order valence-corrected chi connectivity index (χ3v) is 5.20. The normalized spacial score (nSPS) is 19.0. The number of carbonyl (C=O) groups is 2. The molecule has 2 N–H and O–H groups in total. The summed E-state index contributed by atoms with van der Waals surface area (Å²) in [5, 5.41) is 0. The number of benzene rings is 1. The molecule has 11 heteroatoms. The van der Waals surface area contributed by atoms with E-state index in [0.717, 1.165) is 5.56 Å². The average Bonchev–Trinajstić information content (AvgIpc) is 3.16. The number of cyclic esters (lactones) is 1. The van der Waals surface area contributed by atoms with Crippen LogP contribution in [0.3, 0.4) is 0 Å². The van der Waals surface area contributed by atoms with E-state index < -0.39 is 42.8 Å². The van der Waals surface area contributed by atoms with Crippen LogP contribution in [0.5, 0.6) is 5.75 Å². The number of hydrogen-bond donors (Lipinski definition) is 1. The summed E-state index contributed by atoms with van der Waals surface area (Å²) in [6, 6.07) is 3.48. The van der Waals surface area contributed by atoms with Gasteiger partial charge >= 0.3 is 6.09 Å². The van der Waals surface area contributed by atoms with E-state index in [1.165, 1.54) is 4.57 Å². The lowest BCUT2D eigenvalue weighted by Crippen LogP contribution is -2.39. The van der Waals surface area contributed by atoms with E-state index in [9.17, 15) is 18.4 Å². The van der Waals surface area contributed by atoms with Gasteiger partial charge in [-0.3, -0.25) is 9.36 Å². The van der Waals surface area contributed by atoms with Crippen LogP contribution >= 0.6 is 0 Å². The first-order valence-electron chi connectivity index (χ1n) is 9.33. The van der Waals surface area contributed by atoms with Gasteiger partial charge in [-0.25, -0.2) is 23.5 Å². The highest BCUT2D eigenvalue weighted by Crippen LogP contribution is 2.37. The van der Waals surface area contributed by atoms with Crippen molar-refractivity contribution in [1.29, 1.82) is 0 Å². The van der Waals surface area contributed by atoms with Gasteiger partial charge in [0.2, 0.25) is 11.9 Å². The first kappa shape index (κ1) is 20.0. The monoisotopic (exact) mass is 424 g/mol. The Balaban J connectivity index is 1.74. The lowest BCUT2D eigenvalue weighted by Gasteiger charge is -2.18. The van der Waals surface area contributed by atoms with Crippen LogP contribution in [0.25, 0.3) is 11.4 Å². The van der Waals surface area contributed by atoms with Crippen molar-refractivity contribution >= 4 is 17.8 Å². The number of nitrogens with two attached hydrogens (primary N) is 1. The molecule has 0 spiro atoms. The van der Waals surface area contributed by atoms with Crippen LogP contribution in [-0.4, -0.2) is 47.2 Å². The summed E-state index contributed by atoms with van der Waals surface area (Å²) >= 11 is 0. The molecule has 30 heavy (non-hydrogen) atoms. The first-order chi connectivity index (χ1) is 14.3. The minimum atomic E-state index is -2.91. The summed E-state index contributed by atoms with van der Waals surface area (Å²) in [7, 11) is 0. The Labute approximate surface area is 169 Å². The highest BCUT2D eigenvalue weighted by Gasteiger charge is 2.44. The fourth-order valence-electron chi connectivity index (χ4n) is 3.55. The van der Waals surface area contributed by atoms with Gasteiger partial charge in [-0.05, 0) is 24.1 Å². The highest BCUT2D eigenvalue weighted by atomic mass is 19.3. The molecule has 2 aromatic rings. The minimum Gasteiger partial charge on any atom is -0.491 e. The van der Waals surface area contributed by atoms with Crippen LogP contribution in [0.2, 0.25) is 0 Å². The summed E-state index contributed by atoms with van der Waals surface area (Å²) in [4.78, 5) is 28.0. The maximum absolute atomic E-state index is 15.1. The summed E-state index contributed by atoms with van der Waals surface area (Å²) in [5.41, 5.74) is 6.54. The molecular weight excluding hydrogens is 405 g/mol.